The molecule has 0 spiro atoms. The fraction of sp³-hybridized carbons (Fsp3) is 0.263. The van der Waals surface area contributed by atoms with Crippen molar-refractivity contribution in [2.45, 2.75) is 20.8 Å². The van der Waals surface area contributed by atoms with Crippen molar-refractivity contribution in [2.24, 2.45) is 9.98 Å². The Bertz CT molecular complexity index is 634. The second kappa shape index (κ2) is 7.53. The molecule has 0 fully saturated rings. The number of aryl methyl sites for hydroxylation is 3. The molecule has 0 bridgehead atoms. The van der Waals surface area contributed by atoms with Gasteiger partial charge in [-0.05, 0) is 48.6 Å². The molecule has 2 rings (SSSR count). The Morgan fingerprint density at radius 3 is 1.95 bits per heavy atom. The maximum absolute atomic E-state index is 4.48. The Morgan fingerprint density at radius 2 is 1.29 bits per heavy atom. The lowest BCUT2D eigenvalue weighted by molar-refractivity contribution is 0.984. The van der Waals surface area contributed by atoms with Crippen molar-refractivity contribution in [2.75, 3.05) is 13.1 Å². The Kier molecular flexibility index (Phi) is 5.44. The molecule has 0 aliphatic heterocycles. The maximum Gasteiger partial charge on any atom is 0.0585 e. The van der Waals surface area contributed by atoms with Gasteiger partial charge in [0.2, 0.25) is 0 Å². The first kappa shape index (κ1) is 15.2. The summed E-state index contributed by atoms with van der Waals surface area (Å²) >= 11 is 0. The molecule has 21 heavy (non-hydrogen) atoms. The molecule has 108 valence electrons. The van der Waals surface area contributed by atoms with Crippen LogP contribution in [0.4, 0.5) is 0 Å². The summed E-state index contributed by atoms with van der Waals surface area (Å²) in [6.07, 6.45) is 3.90. The van der Waals surface area contributed by atoms with Crippen molar-refractivity contribution in [3.8, 4) is 0 Å². The number of aliphatic imine (C=N–C) groups is 2. The summed E-state index contributed by atoms with van der Waals surface area (Å²) < 4.78 is 0. The SMILES string of the molecule is Cc1ccccc1C=NCCN=Cc1c(C)cccc1C. The predicted octanol–water partition coefficient (Wildman–Crippen LogP) is 4.15. The molecule has 0 aliphatic rings. The van der Waals surface area contributed by atoms with E-state index >= 15 is 0 Å². The molecule has 0 atom stereocenters. The summed E-state index contributed by atoms with van der Waals surface area (Å²) in [4.78, 5) is 8.92. The second-order valence-electron chi connectivity index (χ2n) is 5.23. The second-order valence-corrected chi connectivity index (χ2v) is 5.23. The highest BCUT2D eigenvalue weighted by Crippen LogP contribution is 2.10. The zero-order valence-corrected chi connectivity index (χ0v) is 13.0. The molecule has 0 amide bonds. The number of hydrogen-bond acceptors (Lipinski definition) is 2. The van der Waals surface area contributed by atoms with E-state index in [2.05, 4.69) is 61.1 Å². The Morgan fingerprint density at radius 1 is 0.714 bits per heavy atom. The van der Waals surface area contributed by atoms with Crippen molar-refractivity contribution >= 4 is 12.4 Å². The minimum absolute atomic E-state index is 0.718. The molecule has 2 aromatic rings. The molecular weight excluding hydrogens is 256 g/mol. The predicted molar refractivity (Wildman–Crippen MR) is 92.0 cm³/mol. The van der Waals surface area contributed by atoms with Crippen LogP contribution in [0.5, 0.6) is 0 Å². The van der Waals surface area contributed by atoms with Crippen molar-refractivity contribution in [1.29, 1.82) is 0 Å². The van der Waals surface area contributed by atoms with Crippen molar-refractivity contribution in [3.05, 3.63) is 70.3 Å². The molecule has 2 nitrogen and oxygen atoms in total. The Balaban J connectivity index is 1.88. The third-order valence-corrected chi connectivity index (χ3v) is 3.54. The van der Waals surface area contributed by atoms with Gasteiger partial charge in [0.05, 0.1) is 13.1 Å². The van der Waals surface area contributed by atoms with Crippen LogP contribution in [-0.4, -0.2) is 25.5 Å². The highest BCUT2D eigenvalue weighted by atomic mass is 14.8. The van der Waals surface area contributed by atoms with E-state index < -0.39 is 0 Å². The van der Waals surface area contributed by atoms with Crippen LogP contribution >= 0.6 is 0 Å². The molecule has 2 heteroatoms. The van der Waals surface area contributed by atoms with E-state index in [4.69, 9.17) is 0 Å². The summed E-state index contributed by atoms with van der Waals surface area (Å²) in [5.74, 6) is 0. The average molecular weight is 278 g/mol. The lowest BCUT2D eigenvalue weighted by Gasteiger charge is -2.03. The Hall–Kier alpha value is -2.22. The van der Waals surface area contributed by atoms with Gasteiger partial charge in [-0.1, -0.05) is 42.5 Å². The van der Waals surface area contributed by atoms with Crippen molar-refractivity contribution in [3.63, 3.8) is 0 Å². The summed E-state index contributed by atoms with van der Waals surface area (Å²) in [5.41, 5.74) is 6.18. The molecule has 0 heterocycles. The molecule has 0 saturated carbocycles. The topological polar surface area (TPSA) is 24.7 Å². The van der Waals surface area contributed by atoms with Crippen LogP contribution in [0.25, 0.3) is 0 Å². The van der Waals surface area contributed by atoms with Crippen LogP contribution in [0.1, 0.15) is 27.8 Å². The normalized spacial score (nSPS) is 11.6. The number of rotatable bonds is 5. The first-order valence-electron chi connectivity index (χ1n) is 7.30. The van der Waals surface area contributed by atoms with E-state index in [0.29, 0.717) is 0 Å². The molecule has 0 unspecified atom stereocenters. The molecule has 2 aromatic carbocycles. The molecule has 0 radical (unpaired) electrons. The zero-order valence-electron chi connectivity index (χ0n) is 13.0. The van der Waals surface area contributed by atoms with E-state index in [-0.39, 0.29) is 0 Å². The van der Waals surface area contributed by atoms with Crippen LogP contribution < -0.4 is 0 Å². The smallest absolute Gasteiger partial charge is 0.0585 e. The van der Waals surface area contributed by atoms with Gasteiger partial charge < -0.3 is 0 Å². The van der Waals surface area contributed by atoms with Crippen LogP contribution in [0.15, 0.2) is 52.4 Å². The number of hydrogen-bond donors (Lipinski definition) is 0. The lowest BCUT2D eigenvalue weighted by atomic mass is 10.0. The van der Waals surface area contributed by atoms with Gasteiger partial charge in [-0.2, -0.15) is 0 Å². The third kappa shape index (κ3) is 4.38. The third-order valence-electron chi connectivity index (χ3n) is 3.54. The van der Waals surface area contributed by atoms with E-state index in [1.807, 2.05) is 24.6 Å². The van der Waals surface area contributed by atoms with Gasteiger partial charge >= 0.3 is 0 Å². The molecule has 0 aliphatic carbocycles. The van der Waals surface area contributed by atoms with Crippen molar-refractivity contribution in [1.82, 2.24) is 0 Å². The summed E-state index contributed by atoms with van der Waals surface area (Å²) in [7, 11) is 0. The number of benzene rings is 2. The zero-order chi connectivity index (χ0) is 15.1. The fourth-order valence-electron chi connectivity index (χ4n) is 2.20. The van der Waals surface area contributed by atoms with Gasteiger partial charge in [0, 0.05) is 12.4 Å². The van der Waals surface area contributed by atoms with E-state index in [9.17, 15) is 0 Å². The first-order valence-corrected chi connectivity index (χ1v) is 7.30. The van der Waals surface area contributed by atoms with Crippen LogP contribution in [0, 0.1) is 20.8 Å². The van der Waals surface area contributed by atoms with E-state index in [1.54, 1.807) is 0 Å². The van der Waals surface area contributed by atoms with Crippen LogP contribution in [-0.2, 0) is 0 Å². The van der Waals surface area contributed by atoms with Gasteiger partial charge in [0.15, 0.2) is 0 Å². The molecule has 0 N–H and O–H groups in total. The molecule has 0 saturated heterocycles. The van der Waals surface area contributed by atoms with Gasteiger partial charge in [-0.15, -0.1) is 0 Å². The minimum atomic E-state index is 0.718. The molecule has 0 aromatic heterocycles. The van der Waals surface area contributed by atoms with Crippen LogP contribution in [0.2, 0.25) is 0 Å². The van der Waals surface area contributed by atoms with Crippen molar-refractivity contribution < 1.29 is 0 Å². The quantitative estimate of drug-likeness (QED) is 0.580. The van der Waals surface area contributed by atoms with Gasteiger partial charge in [-0.3, -0.25) is 9.98 Å². The van der Waals surface area contributed by atoms with Gasteiger partial charge in [0.1, 0.15) is 0 Å². The minimum Gasteiger partial charge on any atom is -0.291 e. The number of nitrogens with zero attached hydrogens (tertiary/aromatic N) is 2. The maximum atomic E-state index is 4.48. The highest BCUT2D eigenvalue weighted by Gasteiger charge is 1.97. The highest BCUT2D eigenvalue weighted by molar-refractivity contribution is 5.83. The van der Waals surface area contributed by atoms with Gasteiger partial charge in [0.25, 0.3) is 0 Å². The van der Waals surface area contributed by atoms with Gasteiger partial charge in [-0.25, -0.2) is 0 Å². The average Bonchev–Trinajstić information content (AvgIpc) is 2.47. The summed E-state index contributed by atoms with van der Waals surface area (Å²) in [6, 6.07) is 14.6. The summed E-state index contributed by atoms with van der Waals surface area (Å²) in [5, 5.41) is 0. The van der Waals surface area contributed by atoms with E-state index in [1.165, 1.54) is 27.8 Å². The molecular formula is C19H22N2. The summed E-state index contributed by atoms with van der Waals surface area (Å²) in [6.45, 7) is 7.77. The lowest BCUT2D eigenvalue weighted by Crippen LogP contribution is -1.95. The standard InChI is InChI=1S/C19H22N2/c1-15-7-4-5-10-18(15)13-20-11-12-21-14-19-16(2)8-6-9-17(19)3/h4-10,13-14H,11-12H2,1-3H3. The van der Waals surface area contributed by atoms with E-state index in [0.717, 1.165) is 13.1 Å². The Labute approximate surface area is 127 Å². The first-order chi connectivity index (χ1) is 10.2. The largest absolute Gasteiger partial charge is 0.291 e. The monoisotopic (exact) mass is 278 g/mol. The fourth-order valence-corrected chi connectivity index (χ4v) is 2.20. The van der Waals surface area contributed by atoms with Crippen LogP contribution in [0.3, 0.4) is 0 Å².